The molecule has 4 aromatic rings. The fraction of sp³-hybridized carbons (Fsp3) is 0.129. The van der Waals surface area contributed by atoms with Crippen LogP contribution in [0.4, 0.5) is 5.69 Å². The standard InChI is InChI=1S/C31H26ClNO4/c1-35-26-17-20(18-27(36-2)30(26)37-3)19-33-25-12-8-7-11-24(25)29(31(33)34)28(21-9-5-4-6-10-21)22-13-15-23(32)16-14-22/h4-18H,19H2,1-3H3/b29-28+. The molecule has 1 amide bonds. The summed E-state index contributed by atoms with van der Waals surface area (Å²) in [4.78, 5) is 16.0. The zero-order valence-corrected chi connectivity index (χ0v) is 21.6. The SMILES string of the molecule is COc1cc(CN2C(=O)/C(=C(\c3ccccc3)c3ccc(Cl)cc3)c3ccccc32)cc(OC)c1OC. The van der Waals surface area contributed by atoms with Crippen molar-refractivity contribution in [1.29, 1.82) is 0 Å². The molecule has 6 heteroatoms. The Balaban J connectivity index is 1.68. The van der Waals surface area contributed by atoms with Crippen molar-refractivity contribution in [3.63, 3.8) is 0 Å². The Morgan fingerprint density at radius 2 is 1.35 bits per heavy atom. The molecule has 4 aromatic carbocycles. The minimum atomic E-state index is -0.0799. The summed E-state index contributed by atoms with van der Waals surface area (Å²) in [6, 6.07) is 29.2. The van der Waals surface area contributed by atoms with Crippen molar-refractivity contribution >= 4 is 34.3 Å². The molecule has 0 fully saturated rings. The number of ether oxygens (including phenoxy) is 3. The van der Waals surface area contributed by atoms with E-state index in [9.17, 15) is 4.79 Å². The summed E-state index contributed by atoms with van der Waals surface area (Å²) < 4.78 is 16.5. The summed E-state index contributed by atoms with van der Waals surface area (Å²) >= 11 is 6.20. The van der Waals surface area contributed by atoms with E-state index < -0.39 is 0 Å². The number of nitrogens with zero attached hydrogens (tertiary/aromatic N) is 1. The lowest BCUT2D eigenvalue weighted by Gasteiger charge is -2.20. The number of hydrogen-bond donors (Lipinski definition) is 0. The van der Waals surface area contributed by atoms with Gasteiger partial charge in [0.2, 0.25) is 5.75 Å². The molecule has 5 nitrogen and oxygen atoms in total. The van der Waals surface area contributed by atoms with Gasteiger partial charge in [-0.15, -0.1) is 0 Å². The third-order valence-corrected chi connectivity index (χ3v) is 6.69. The van der Waals surface area contributed by atoms with Crippen LogP contribution < -0.4 is 19.1 Å². The lowest BCUT2D eigenvalue weighted by Crippen LogP contribution is -2.26. The Labute approximate surface area is 221 Å². The van der Waals surface area contributed by atoms with Crippen LogP contribution in [-0.2, 0) is 11.3 Å². The van der Waals surface area contributed by atoms with E-state index in [1.165, 1.54) is 0 Å². The van der Waals surface area contributed by atoms with Crippen LogP contribution in [0.5, 0.6) is 17.2 Å². The Morgan fingerprint density at radius 3 is 1.97 bits per heavy atom. The van der Waals surface area contributed by atoms with E-state index in [2.05, 4.69) is 0 Å². The van der Waals surface area contributed by atoms with Gasteiger partial charge in [-0.25, -0.2) is 0 Å². The van der Waals surface area contributed by atoms with Gasteiger partial charge in [0, 0.05) is 16.2 Å². The first-order chi connectivity index (χ1) is 18.0. The van der Waals surface area contributed by atoms with E-state index in [0.29, 0.717) is 34.4 Å². The van der Waals surface area contributed by atoms with Gasteiger partial charge in [-0.05, 0) is 47.0 Å². The van der Waals surface area contributed by atoms with Crippen LogP contribution in [0.15, 0.2) is 91.0 Å². The fourth-order valence-corrected chi connectivity index (χ4v) is 4.89. The van der Waals surface area contributed by atoms with E-state index in [1.54, 1.807) is 26.2 Å². The maximum atomic E-state index is 14.2. The predicted octanol–water partition coefficient (Wildman–Crippen LogP) is 6.87. The summed E-state index contributed by atoms with van der Waals surface area (Å²) in [5, 5.41) is 0.642. The van der Waals surface area contributed by atoms with Gasteiger partial charge in [-0.3, -0.25) is 4.79 Å². The number of carbonyl (C=O) groups is 1. The summed E-state index contributed by atoms with van der Waals surface area (Å²) in [6.07, 6.45) is 0. The molecule has 1 aliphatic rings. The molecule has 1 aliphatic heterocycles. The zero-order chi connectivity index (χ0) is 25.9. The predicted molar refractivity (Wildman–Crippen MR) is 148 cm³/mol. The van der Waals surface area contributed by atoms with Crippen LogP contribution in [0.25, 0.3) is 11.1 Å². The molecule has 0 N–H and O–H groups in total. The normalized spacial score (nSPS) is 13.8. The molecule has 186 valence electrons. The summed E-state index contributed by atoms with van der Waals surface area (Å²) in [5.41, 5.74) is 5.97. The molecule has 1 heterocycles. The van der Waals surface area contributed by atoms with Crippen molar-refractivity contribution in [2.75, 3.05) is 26.2 Å². The Bertz CT molecular complexity index is 1450. The Hall–Kier alpha value is -4.22. The number of carbonyl (C=O) groups excluding carboxylic acids is 1. The van der Waals surface area contributed by atoms with E-state index in [-0.39, 0.29) is 5.91 Å². The number of anilines is 1. The van der Waals surface area contributed by atoms with E-state index in [1.807, 2.05) is 91.0 Å². The van der Waals surface area contributed by atoms with Gasteiger partial charge < -0.3 is 19.1 Å². The number of benzene rings is 4. The van der Waals surface area contributed by atoms with E-state index in [0.717, 1.165) is 33.5 Å². The second-order valence-electron chi connectivity index (χ2n) is 8.56. The average molecular weight is 512 g/mol. The molecular formula is C31H26ClNO4. The van der Waals surface area contributed by atoms with Gasteiger partial charge in [0.1, 0.15) is 0 Å². The monoisotopic (exact) mass is 511 g/mol. The number of halogens is 1. The molecule has 0 aliphatic carbocycles. The zero-order valence-electron chi connectivity index (χ0n) is 20.8. The van der Waals surface area contributed by atoms with Crippen LogP contribution in [0, 0.1) is 0 Å². The van der Waals surface area contributed by atoms with Gasteiger partial charge in [-0.2, -0.15) is 0 Å². The minimum Gasteiger partial charge on any atom is -0.493 e. The van der Waals surface area contributed by atoms with Crippen LogP contribution in [0.2, 0.25) is 5.02 Å². The van der Waals surface area contributed by atoms with Crippen molar-refractivity contribution in [3.8, 4) is 17.2 Å². The lowest BCUT2D eigenvalue weighted by atomic mass is 9.90. The number of amides is 1. The molecular weight excluding hydrogens is 486 g/mol. The quantitative estimate of drug-likeness (QED) is 0.254. The number of para-hydroxylation sites is 1. The minimum absolute atomic E-state index is 0.0799. The van der Waals surface area contributed by atoms with Crippen LogP contribution in [0.1, 0.15) is 22.3 Å². The van der Waals surface area contributed by atoms with E-state index >= 15 is 0 Å². The second-order valence-corrected chi connectivity index (χ2v) is 9.00. The number of fused-ring (bicyclic) bond motifs is 1. The largest absolute Gasteiger partial charge is 0.493 e. The maximum Gasteiger partial charge on any atom is 0.259 e. The molecule has 0 saturated heterocycles. The molecule has 0 unspecified atom stereocenters. The molecule has 0 aromatic heterocycles. The second kappa shape index (κ2) is 10.4. The molecule has 0 saturated carbocycles. The van der Waals surface area contributed by atoms with Crippen LogP contribution in [0.3, 0.4) is 0 Å². The third kappa shape index (κ3) is 4.54. The molecule has 0 atom stereocenters. The first-order valence-corrected chi connectivity index (χ1v) is 12.2. The van der Waals surface area contributed by atoms with E-state index in [4.69, 9.17) is 25.8 Å². The fourth-order valence-electron chi connectivity index (χ4n) is 4.76. The first kappa shape index (κ1) is 24.5. The topological polar surface area (TPSA) is 48.0 Å². The number of methoxy groups -OCH3 is 3. The smallest absolute Gasteiger partial charge is 0.259 e. The van der Waals surface area contributed by atoms with Crippen molar-refractivity contribution in [1.82, 2.24) is 0 Å². The highest BCUT2D eigenvalue weighted by molar-refractivity contribution is 6.39. The molecule has 5 rings (SSSR count). The molecule has 0 bridgehead atoms. The van der Waals surface area contributed by atoms with Gasteiger partial charge in [0.05, 0.1) is 39.1 Å². The van der Waals surface area contributed by atoms with Crippen molar-refractivity contribution < 1.29 is 19.0 Å². The van der Waals surface area contributed by atoms with Crippen molar-refractivity contribution in [3.05, 3.63) is 118 Å². The van der Waals surface area contributed by atoms with Gasteiger partial charge in [-0.1, -0.05) is 72.3 Å². The van der Waals surface area contributed by atoms with Gasteiger partial charge in [0.25, 0.3) is 5.91 Å². The van der Waals surface area contributed by atoms with Gasteiger partial charge >= 0.3 is 0 Å². The Kier molecular flexibility index (Phi) is 6.89. The molecule has 0 radical (unpaired) electrons. The van der Waals surface area contributed by atoms with Gasteiger partial charge in [0.15, 0.2) is 11.5 Å². The highest BCUT2D eigenvalue weighted by Crippen LogP contribution is 2.45. The maximum absolute atomic E-state index is 14.2. The van der Waals surface area contributed by atoms with Crippen LogP contribution in [-0.4, -0.2) is 27.2 Å². The van der Waals surface area contributed by atoms with Crippen molar-refractivity contribution in [2.24, 2.45) is 0 Å². The third-order valence-electron chi connectivity index (χ3n) is 6.43. The first-order valence-electron chi connectivity index (χ1n) is 11.8. The summed E-state index contributed by atoms with van der Waals surface area (Å²) in [7, 11) is 4.73. The number of rotatable bonds is 7. The highest BCUT2D eigenvalue weighted by Gasteiger charge is 2.35. The lowest BCUT2D eigenvalue weighted by molar-refractivity contribution is -0.113. The van der Waals surface area contributed by atoms with Crippen LogP contribution >= 0.6 is 11.6 Å². The molecule has 0 spiro atoms. The Morgan fingerprint density at radius 1 is 0.757 bits per heavy atom. The number of hydrogen-bond acceptors (Lipinski definition) is 4. The summed E-state index contributed by atoms with van der Waals surface area (Å²) in [6.45, 7) is 0.332. The highest BCUT2D eigenvalue weighted by atomic mass is 35.5. The summed E-state index contributed by atoms with van der Waals surface area (Å²) in [5.74, 6) is 1.51. The average Bonchev–Trinajstić information content (AvgIpc) is 3.20. The molecule has 37 heavy (non-hydrogen) atoms. The van der Waals surface area contributed by atoms with Crippen molar-refractivity contribution in [2.45, 2.75) is 6.54 Å².